The Labute approximate surface area is 205 Å². The second-order valence-corrected chi connectivity index (χ2v) is 9.86. The van der Waals surface area contributed by atoms with E-state index < -0.39 is 5.60 Å². The molecule has 0 radical (unpaired) electrons. The molecule has 2 aromatic rings. The third-order valence-corrected chi connectivity index (χ3v) is 7.54. The Kier molecular flexibility index (Phi) is 6.24. The maximum atomic E-state index is 13.6. The molecule has 0 spiro atoms. The van der Waals surface area contributed by atoms with Gasteiger partial charge in [0, 0.05) is 41.5 Å². The van der Waals surface area contributed by atoms with E-state index in [4.69, 9.17) is 4.74 Å². The molecule has 7 heteroatoms. The second kappa shape index (κ2) is 9.35. The van der Waals surface area contributed by atoms with Crippen LogP contribution in [0, 0.1) is 17.1 Å². The topological polar surface area (TPSA) is 81.2 Å². The molecule has 1 unspecified atom stereocenters. The van der Waals surface area contributed by atoms with Crippen molar-refractivity contribution in [2.24, 2.45) is 0 Å². The molecule has 3 atom stereocenters. The Bertz CT molecular complexity index is 1280. The minimum absolute atomic E-state index is 0.0557. The molecule has 1 fully saturated rings. The van der Waals surface area contributed by atoms with Crippen LogP contribution in [0.15, 0.2) is 59.4 Å². The highest BCUT2D eigenvalue weighted by Gasteiger charge is 2.42. The third-order valence-electron chi connectivity index (χ3n) is 7.54. The van der Waals surface area contributed by atoms with Gasteiger partial charge >= 0.3 is 0 Å². The highest BCUT2D eigenvalue weighted by atomic mass is 19.1. The van der Waals surface area contributed by atoms with Crippen molar-refractivity contribution in [1.29, 1.82) is 5.26 Å². The van der Waals surface area contributed by atoms with E-state index in [1.807, 2.05) is 30.9 Å². The van der Waals surface area contributed by atoms with Crippen molar-refractivity contribution in [2.45, 2.75) is 63.6 Å². The summed E-state index contributed by atoms with van der Waals surface area (Å²) in [4.78, 5) is 18.4. The van der Waals surface area contributed by atoms with E-state index in [0.29, 0.717) is 35.5 Å². The molecule has 0 bridgehead atoms. The number of halogens is 1. The average Bonchev–Trinajstić information content (AvgIpc) is 3.40. The van der Waals surface area contributed by atoms with Gasteiger partial charge in [-0.05, 0) is 63.8 Å². The number of hydrogen-bond donors (Lipinski definition) is 2. The summed E-state index contributed by atoms with van der Waals surface area (Å²) >= 11 is 0. The molecule has 3 aliphatic rings. The normalized spacial score (nSPS) is 25.7. The summed E-state index contributed by atoms with van der Waals surface area (Å²) in [5.41, 5.74) is 2.38. The van der Waals surface area contributed by atoms with E-state index >= 15 is 0 Å². The molecule has 1 aromatic heterocycles. The van der Waals surface area contributed by atoms with Gasteiger partial charge in [0.2, 0.25) is 0 Å². The van der Waals surface area contributed by atoms with E-state index in [-0.39, 0.29) is 23.8 Å². The minimum atomic E-state index is -0.458. The van der Waals surface area contributed by atoms with Crippen LogP contribution in [-0.2, 0) is 4.74 Å². The van der Waals surface area contributed by atoms with Gasteiger partial charge in [-0.15, -0.1) is 0 Å². The number of aromatic nitrogens is 1. The van der Waals surface area contributed by atoms with Crippen LogP contribution in [0.5, 0.6) is 0 Å². The Hall–Kier alpha value is -3.37. The smallest absolute Gasteiger partial charge is 0.270 e. The van der Waals surface area contributed by atoms with Crippen molar-refractivity contribution in [3.8, 4) is 6.07 Å². The van der Waals surface area contributed by atoms with Crippen LogP contribution in [0.25, 0.3) is 10.9 Å². The summed E-state index contributed by atoms with van der Waals surface area (Å²) < 4.78 is 19.8. The lowest BCUT2D eigenvalue weighted by Gasteiger charge is -2.37. The number of hydrogen-bond acceptors (Lipinski definition) is 4. The zero-order valence-electron chi connectivity index (χ0n) is 20.2. The Morgan fingerprint density at radius 3 is 3.03 bits per heavy atom. The lowest BCUT2D eigenvalue weighted by atomic mass is 9.86. The number of amides is 1. The molecule has 2 aliphatic carbocycles. The van der Waals surface area contributed by atoms with Gasteiger partial charge in [-0.3, -0.25) is 4.79 Å². The second-order valence-electron chi connectivity index (χ2n) is 9.86. The molecular formula is C28H31FN4O2. The van der Waals surface area contributed by atoms with Crippen LogP contribution in [0.3, 0.4) is 0 Å². The summed E-state index contributed by atoms with van der Waals surface area (Å²) in [5.74, 6) is 0.339. The van der Waals surface area contributed by atoms with Crippen LogP contribution < -0.4 is 5.32 Å². The van der Waals surface area contributed by atoms with E-state index in [1.54, 1.807) is 12.1 Å². The number of ether oxygens (including phenoxy) is 1. The fourth-order valence-electron chi connectivity index (χ4n) is 5.72. The lowest BCUT2D eigenvalue weighted by molar-refractivity contribution is 0.0597. The van der Waals surface area contributed by atoms with Crippen LogP contribution in [0.4, 0.5) is 4.39 Å². The van der Waals surface area contributed by atoms with Crippen LogP contribution >= 0.6 is 0 Å². The number of aromatic amines is 1. The lowest BCUT2D eigenvalue weighted by Crippen LogP contribution is -2.47. The number of nitriles is 1. The summed E-state index contributed by atoms with van der Waals surface area (Å²) in [5, 5.41) is 14.1. The van der Waals surface area contributed by atoms with Crippen molar-refractivity contribution in [1.82, 2.24) is 15.2 Å². The number of carbonyl (C=O) groups is 1. The van der Waals surface area contributed by atoms with Gasteiger partial charge in [0.15, 0.2) is 0 Å². The zero-order chi connectivity index (χ0) is 24.6. The molecule has 5 rings (SSSR count). The predicted molar refractivity (Wildman–Crippen MR) is 133 cm³/mol. The summed E-state index contributed by atoms with van der Waals surface area (Å²) in [6.07, 6.45) is 10.6. The van der Waals surface area contributed by atoms with Gasteiger partial charge in [-0.1, -0.05) is 18.2 Å². The average molecular weight is 475 g/mol. The fourth-order valence-corrected chi connectivity index (χ4v) is 5.72. The third kappa shape index (κ3) is 4.39. The molecule has 6 nitrogen and oxygen atoms in total. The van der Waals surface area contributed by atoms with E-state index in [1.165, 1.54) is 12.1 Å². The van der Waals surface area contributed by atoms with E-state index in [0.717, 1.165) is 43.2 Å². The molecule has 1 aliphatic heterocycles. The number of benzene rings is 1. The monoisotopic (exact) mass is 474 g/mol. The molecule has 182 valence electrons. The van der Waals surface area contributed by atoms with Crippen molar-refractivity contribution in [2.75, 3.05) is 13.1 Å². The van der Waals surface area contributed by atoms with E-state index in [9.17, 15) is 14.4 Å². The fraction of sp³-hybridized carbons (Fsp3) is 0.429. The number of nitrogens with zero attached hydrogens (tertiary/aromatic N) is 2. The largest absolute Gasteiger partial charge is 0.484 e. The first-order valence-electron chi connectivity index (χ1n) is 12.4. The van der Waals surface area contributed by atoms with E-state index in [2.05, 4.69) is 22.4 Å². The maximum absolute atomic E-state index is 13.6. The molecule has 2 N–H and O–H groups in total. The number of fused-ring (bicyclic) bond motifs is 2. The number of nitrogens with one attached hydrogen (secondary N) is 2. The molecule has 2 heterocycles. The summed E-state index contributed by atoms with van der Waals surface area (Å²) in [6.45, 7) is 5.14. The quantitative estimate of drug-likeness (QED) is 0.609. The standard InChI is InChI=1S/C28H31FN4O2/c1-3-33(27(34)25-14-18-13-19(29)10-11-24(18)32-25)21-8-6-7-20(15-21)31-17-26-22(16-30)23-9-4-5-12-28(23,2)35-26/h4-5,9-11,13-14,20-21,31-32H,3,6-8,12,15,17H2,1-2H3/t20-,21+,28?/m1/s1. The van der Waals surface area contributed by atoms with Gasteiger partial charge in [0.1, 0.15) is 28.9 Å². The van der Waals surface area contributed by atoms with Gasteiger partial charge < -0.3 is 19.9 Å². The first-order valence-corrected chi connectivity index (χ1v) is 12.4. The molecule has 1 aromatic carbocycles. The SMILES string of the molecule is CCN(C(=O)c1cc2cc(F)ccc2[nH]1)[C@H]1CCC[C@@H](NCC2=C(C#N)C3=CC=CCC3(C)O2)C1. The predicted octanol–water partition coefficient (Wildman–Crippen LogP) is 5.12. The number of allylic oxidation sites excluding steroid dienone is 2. The maximum Gasteiger partial charge on any atom is 0.270 e. The first kappa shape index (κ1) is 23.4. The number of carbonyl (C=O) groups excluding carboxylic acids is 1. The Balaban J connectivity index is 1.26. The van der Waals surface area contributed by atoms with Crippen LogP contribution in [-0.4, -0.2) is 46.6 Å². The van der Waals surface area contributed by atoms with Gasteiger partial charge in [-0.25, -0.2) is 4.39 Å². The Morgan fingerprint density at radius 2 is 2.23 bits per heavy atom. The Morgan fingerprint density at radius 1 is 1.37 bits per heavy atom. The summed E-state index contributed by atoms with van der Waals surface area (Å²) in [7, 11) is 0. The van der Waals surface area contributed by atoms with Crippen molar-refractivity contribution in [3.05, 3.63) is 70.9 Å². The highest BCUT2D eigenvalue weighted by molar-refractivity contribution is 5.98. The molecule has 1 saturated carbocycles. The zero-order valence-corrected chi connectivity index (χ0v) is 20.2. The highest BCUT2D eigenvalue weighted by Crippen LogP contribution is 2.43. The first-order chi connectivity index (χ1) is 16.9. The van der Waals surface area contributed by atoms with Crippen LogP contribution in [0.1, 0.15) is 56.4 Å². The van der Waals surface area contributed by atoms with Crippen molar-refractivity contribution in [3.63, 3.8) is 0 Å². The van der Waals surface area contributed by atoms with Gasteiger partial charge in [0.25, 0.3) is 5.91 Å². The number of rotatable bonds is 6. The van der Waals surface area contributed by atoms with Gasteiger partial charge in [0.05, 0.1) is 12.1 Å². The molecule has 1 amide bonds. The van der Waals surface area contributed by atoms with Gasteiger partial charge in [-0.2, -0.15) is 5.26 Å². The molecule has 0 saturated heterocycles. The summed E-state index contributed by atoms with van der Waals surface area (Å²) in [6, 6.07) is 8.92. The van der Waals surface area contributed by atoms with Crippen LogP contribution in [0.2, 0.25) is 0 Å². The van der Waals surface area contributed by atoms with Crippen molar-refractivity contribution >= 4 is 16.8 Å². The minimum Gasteiger partial charge on any atom is -0.484 e. The molecular weight excluding hydrogens is 443 g/mol. The molecule has 35 heavy (non-hydrogen) atoms. The number of H-pyrrole nitrogens is 1. The van der Waals surface area contributed by atoms with Crippen molar-refractivity contribution < 1.29 is 13.9 Å².